The smallest absolute Gasteiger partial charge is 0.339 e. The highest BCUT2D eigenvalue weighted by molar-refractivity contribution is 7.51. The number of carbonyl (C=O) groups is 1. The predicted molar refractivity (Wildman–Crippen MR) is 54.5 cm³/mol. The fourth-order valence-corrected chi connectivity index (χ4v) is 0.748. The maximum atomic E-state index is 10.2. The van der Waals surface area contributed by atoms with Crippen molar-refractivity contribution in [2.24, 2.45) is 11.6 Å². The van der Waals surface area contributed by atoms with E-state index in [0.717, 1.165) is 0 Å². The average molecular weight is 243 g/mol. The lowest BCUT2D eigenvalue weighted by Crippen LogP contribution is -2.27. The molecule has 0 radical (unpaired) electrons. The molecule has 7 N–H and O–H groups in total. The van der Waals surface area contributed by atoms with Crippen LogP contribution in [0.5, 0.6) is 0 Å². The Morgan fingerprint density at radius 3 is 2.20 bits per heavy atom. The van der Waals surface area contributed by atoms with Crippen LogP contribution in [-0.4, -0.2) is 34.6 Å². The molecule has 0 aromatic carbocycles. The molecule has 92 valence electrons. The summed E-state index contributed by atoms with van der Waals surface area (Å²) in [6.07, 6.45) is -0.567. The van der Waals surface area contributed by atoms with Crippen molar-refractivity contribution in [3.8, 4) is 0 Å². The summed E-state index contributed by atoms with van der Waals surface area (Å²) in [5.74, 6) is 3.66. The number of hydrogen-bond acceptors (Lipinski definition) is 6. The maximum Gasteiger partial charge on any atom is 0.339 e. The summed E-state index contributed by atoms with van der Waals surface area (Å²) in [5, 5.41) is 2.16. The maximum absolute atomic E-state index is 10.2. The molecule has 8 nitrogen and oxygen atoms in total. The van der Waals surface area contributed by atoms with Crippen molar-refractivity contribution in [1.29, 1.82) is 0 Å². The highest BCUT2D eigenvalue weighted by atomic mass is 31.2. The van der Waals surface area contributed by atoms with E-state index < -0.39 is 19.9 Å². The monoisotopic (exact) mass is 243 g/mol. The first-order chi connectivity index (χ1) is 6.69. The van der Waals surface area contributed by atoms with E-state index >= 15 is 0 Å². The largest absolute Gasteiger partial charge is 0.372 e. The Bertz CT molecular complexity index is 214. The van der Waals surface area contributed by atoms with Crippen LogP contribution in [0.25, 0.3) is 0 Å². The topological polar surface area (TPSA) is 148 Å². The van der Waals surface area contributed by atoms with Gasteiger partial charge in [-0.1, -0.05) is 13.8 Å². The zero-order chi connectivity index (χ0) is 12.5. The van der Waals surface area contributed by atoms with Gasteiger partial charge in [0, 0.05) is 0 Å². The lowest BCUT2D eigenvalue weighted by molar-refractivity contribution is -0.142. The molecular weight excluding hydrogens is 225 g/mol. The van der Waals surface area contributed by atoms with Crippen LogP contribution in [0.3, 0.4) is 0 Å². The van der Waals surface area contributed by atoms with Gasteiger partial charge >= 0.3 is 13.6 Å². The second kappa shape index (κ2) is 8.78. The molecular formula is C6H18N3O5P. The summed E-state index contributed by atoms with van der Waals surface area (Å²) in [6.45, 7) is 3.57. The average Bonchev–Trinajstić information content (AvgIpc) is 2.00. The molecule has 0 heterocycles. The van der Waals surface area contributed by atoms with Gasteiger partial charge in [0.25, 0.3) is 0 Å². The zero-order valence-electron chi connectivity index (χ0n) is 8.71. The molecule has 0 atom stereocenters. The summed E-state index contributed by atoms with van der Waals surface area (Å²) in [5.41, 5.74) is 5.11. The van der Waals surface area contributed by atoms with E-state index in [9.17, 15) is 9.36 Å². The fourth-order valence-electron chi connectivity index (χ4n) is 0.345. The van der Waals surface area contributed by atoms with Crippen LogP contribution in [0.15, 0.2) is 0 Å². The Labute approximate surface area is 88.1 Å². The molecule has 0 aliphatic carbocycles. The van der Waals surface area contributed by atoms with Crippen LogP contribution in [0.4, 0.5) is 0 Å². The minimum absolute atomic E-state index is 0.318. The van der Waals surface area contributed by atoms with Crippen LogP contribution >= 0.6 is 7.60 Å². The minimum Gasteiger partial charge on any atom is -0.372 e. The standard InChI is InChI=1S/C3H9N2O5P.C3H9N/c4-10-3(6)1-5-2-11(7,8)9;1-3(2)4/h5H,1-2,4H2,(H2,7,8,9);3H,4H2,1-2H3. The van der Waals surface area contributed by atoms with Crippen LogP contribution in [0.2, 0.25) is 0 Å². The fraction of sp³-hybridized carbons (Fsp3) is 0.833. The highest BCUT2D eigenvalue weighted by Gasteiger charge is 2.12. The van der Waals surface area contributed by atoms with Crippen LogP contribution in [0.1, 0.15) is 13.8 Å². The number of hydrogen-bond donors (Lipinski definition) is 5. The third-order valence-electron chi connectivity index (χ3n) is 0.719. The van der Waals surface area contributed by atoms with E-state index in [1.807, 2.05) is 13.8 Å². The first-order valence-electron chi connectivity index (χ1n) is 4.09. The molecule has 0 saturated heterocycles. The van der Waals surface area contributed by atoms with Crippen LogP contribution in [-0.2, 0) is 14.2 Å². The Morgan fingerprint density at radius 1 is 1.53 bits per heavy atom. The van der Waals surface area contributed by atoms with Gasteiger partial charge in [-0.2, -0.15) is 5.90 Å². The van der Waals surface area contributed by atoms with Gasteiger partial charge in [0.1, 0.15) is 0 Å². The number of carbonyl (C=O) groups excluding carboxylic acids is 1. The first kappa shape index (κ1) is 16.9. The van der Waals surface area contributed by atoms with Crippen LogP contribution in [0, 0.1) is 0 Å². The van der Waals surface area contributed by atoms with Crippen molar-refractivity contribution in [3.63, 3.8) is 0 Å². The molecule has 0 aromatic heterocycles. The summed E-state index contributed by atoms with van der Waals surface area (Å²) >= 11 is 0. The molecule has 0 bridgehead atoms. The third kappa shape index (κ3) is 24.7. The third-order valence-corrected chi connectivity index (χ3v) is 1.35. The van der Waals surface area contributed by atoms with E-state index in [1.165, 1.54) is 0 Å². The SMILES string of the molecule is CC(C)N.NOC(=O)CNCP(=O)(O)O. The van der Waals surface area contributed by atoms with Crippen molar-refractivity contribution >= 4 is 13.6 Å². The molecule has 0 spiro atoms. The second-order valence-corrected chi connectivity index (χ2v) is 4.63. The van der Waals surface area contributed by atoms with Crippen molar-refractivity contribution in [3.05, 3.63) is 0 Å². The van der Waals surface area contributed by atoms with Gasteiger partial charge in [-0.15, -0.1) is 0 Å². The molecule has 0 unspecified atom stereocenters. The Kier molecular flexibility index (Phi) is 9.90. The van der Waals surface area contributed by atoms with Crippen LogP contribution < -0.4 is 16.9 Å². The van der Waals surface area contributed by atoms with E-state index in [0.29, 0.717) is 6.04 Å². The van der Waals surface area contributed by atoms with Gasteiger partial charge in [-0.05, 0) is 6.04 Å². The Balaban J connectivity index is 0. The van der Waals surface area contributed by atoms with E-state index in [2.05, 4.69) is 16.1 Å². The van der Waals surface area contributed by atoms with Gasteiger partial charge in [0.2, 0.25) is 0 Å². The van der Waals surface area contributed by atoms with E-state index in [4.69, 9.17) is 15.5 Å². The second-order valence-electron chi connectivity index (χ2n) is 2.98. The molecule has 0 amide bonds. The number of rotatable bonds is 4. The summed E-state index contributed by atoms with van der Waals surface area (Å²) in [6, 6.07) is 0.333. The van der Waals surface area contributed by atoms with Gasteiger partial charge in [-0.3, -0.25) is 9.88 Å². The van der Waals surface area contributed by atoms with E-state index in [1.54, 1.807) is 0 Å². The normalized spacial score (nSPS) is 10.6. The van der Waals surface area contributed by atoms with Gasteiger partial charge in [0.15, 0.2) is 0 Å². The molecule has 0 fully saturated rings. The molecule has 0 aromatic rings. The molecule has 9 heteroatoms. The summed E-state index contributed by atoms with van der Waals surface area (Å²) in [7, 11) is -4.09. The lowest BCUT2D eigenvalue weighted by atomic mass is 10.5. The lowest BCUT2D eigenvalue weighted by Gasteiger charge is -2.03. The van der Waals surface area contributed by atoms with Gasteiger partial charge < -0.3 is 20.4 Å². The molecule has 0 saturated carbocycles. The van der Waals surface area contributed by atoms with Crippen molar-refractivity contribution in [2.45, 2.75) is 19.9 Å². The quantitative estimate of drug-likeness (QED) is 0.295. The molecule has 15 heavy (non-hydrogen) atoms. The van der Waals surface area contributed by atoms with Crippen molar-refractivity contribution in [1.82, 2.24) is 5.32 Å². The highest BCUT2D eigenvalue weighted by Crippen LogP contribution is 2.31. The summed E-state index contributed by atoms with van der Waals surface area (Å²) in [4.78, 5) is 30.5. The van der Waals surface area contributed by atoms with Gasteiger partial charge in [-0.25, -0.2) is 4.79 Å². The molecule has 0 aliphatic rings. The Hall–Kier alpha value is -0.500. The first-order valence-corrected chi connectivity index (χ1v) is 5.89. The summed E-state index contributed by atoms with van der Waals surface area (Å²) < 4.78 is 10.1. The number of nitrogens with one attached hydrogen (secondary N) is 1. The zero-order valence-corrected chi connectivity index (χ0v) is 9.61. The predicted octanol–water partition coefficient (Wildman–Crippen LogP) is -1.52. The van der Waals surface area contributed by atoms with Crippen molar-refractivity contribution < 1.29 is 24.0 Å². The molecule has 0 aliphatic heterocycles. The Morgan fingerprint density at radius 2 is 1.93 bits per heavy atom. The number of nitrogens with two attached hydrogens (primary N) is 2. The van der Waals surface area contributed by atoms with Crippen molar-refractivity contribution in [2.75, 3.05) is 12.8 Å². The molecule has 0 rings (SSSR count). The van der Waals surface area contributed by atoms with Gasteiger partial charge in [0.05, 0.1) is 12.8 Å². The minimum atomic E-state index is -4.09. The van der Waals surface area contributed by atoms with E-state index in [-0.39, 0.29) is 6.54 Å².